The van der Waals surface area contributed by atoms with Crippen LogP contribution in [-0.2, 0) is 6.54 Å². The molecule has 1 fully saturated rings. The van der Waals surface area contributed by atoms with E-state index in [1.165, 1.54) is 5.56 Å². The first kappa shape index (κ1) is 12.9. The van der Waals surface area contributed by atoms with Crippen LogP contribution in [-0.4, -0.2) is 22.9 Å². The highest BCUT2D eigenvalue weighted by Crippen LogP contribution is 2.35. The minimum absolute atomic E-state index is 0.304. The zero-order valence-corrected chi connectivity index (χ0v) is 11.7. The molecule has 1 aromatic carbocycles. The van der Waals surface area contributed by atoms with Crippen molar-refractivity contribution in [2.24, 2.45) is 5.41 Å². The summed E-state index contributed by atoms with van der Waals surface area (Å²) in [7, 11) is 0. The maximum atomic E-state index is 6.33. The second-order valence-electron chi connectivity index (χ2n) is 6.13. The molecular weight excluding hydrogens is 230 g/mol. The van der Waals surface area contributed by atoms with Crippen molar-refractivity contribution in [3.05, 3.63) is 35.9 Å². The van der Waals surface area contributed by atoms with Gasteiger partial charge in [-0.3, -0.25) is 4.90 Å². The van der Waals surface area contributed by atoms with Crippen LogP contribution in [0.25, 0.3) is 0 Å². The Bertz CT molecular complexity index is 355. The third kappa shape index (κ3) is 3.23. The minimum atomic E-state index is 0.304. The van der Waals surface area contributed by atoms with Crippen LogP contribution in [0.15, 0.2) is 30.3 Å². The van der Waals surface area contributed by atoms with Gasteiger partial charge in [0.2, 0.25) is 0 Å². The van der Waals surface area contributed by atoms with Gasteiger partial charge in [0.05, 0.1) is 0 Å². The van der Waals surface area contributed by atoms with Gasteiger partial charge in [-0.15, -0.1) is 11.6 Å². The molecule has 1 aliphatic heterocycles. The normalized spacial score (nSPS) is 26.4. The first-order chi connectivity index (χ1) is 7.97. The molecule has 0 N–H and O–H groups in total. The fourth-order valence-electron chi connectivity index (χ4n) is 2.74. The summed E-state index contributed by atoms with van der Waals surface area (Å²) in [6.45, 7) is 8.96. The van der Waals surface area contributed by atoms with Crippen molar-refractivity contribution in [2.45, 2.75) is 45.2 Å². The molecule has 0 radical (unpaired) electrons. The van der Waals surface area contributed by atoms with Gasteiger partial charge in [0.25, 0.3) is 0 Å². The van der Waals surface area contributed by atoms with E-state index in [-0.39, 0.29) is 0 Å². The van der Waals surface area contributed by atoms with Crippen molar-refractivity contribution >= 4 is 11.6 Å². The molecule has 94 valence electrons. The van der Waals surface area contributed by atoms with Crippen molar-refractivity contribution < 1.29 is 0 Å². The molecule has 0 aliphatic carbocycles. The molecule has 0 amide bonds. The molecule has 17 heavy (non-hydrogen) atoms. The fourth-order valence-corrected chi connectivity index (χ4v) is 3.09. The molecule has 2 heteroatoms. The Hall–Kier alpha value is -0.530. The number of hydrogen-bond acceptors (Lipinski definition) is 1. The lowest BCUT2D eigenvalue weighted by molar-refractivity contribution is 0.134. The van der Waals surface area contributed by atoms with Crippen LogP contribution in [0.5, 0.6) is 0 Å². The van der Waals surface area contributed by atoms with E-state index in [2.05, 4.69) is 56.0 Å². The van der Waals surface area contributed by atoms with E-state index in [1.54, 1.807) is 0 Å². The highest BCUT2D eigenvalue weighted by atomic mass is 35.5. The molecule has 1 heterocycles. The summed E-state index contributed by atoms with van der Waals surface area (Å²) >= 11 is 6.33. The van der Waals surface area contributed by atoms with Crippen LogP contribution in [0.2, 0.25) is 0 Å². The smallest absolute Gasteiger partial charge is 0.0478 e. The topological polar surface area (TPSA) is 3.24 Å². The predicted octanol–water partition coefficient (Wildman–Crippen LogP) is 3.91. The van der Waals surface area contributed by atoms with Gasteiger partial charge in [-0.05, 0) is 17.4 Å². The fraction of sp³-hybridized carbons (Fsp3) is 0.600. The van der Waals surface area contributed by atoms with Gasteiger partial charge in [0.1, 0.15) is 0 Å². The average molecular weight is 252 g/mol. The van der Waals surface area contributed by atoms with Crippen molar-refractivity contribution in [1.82, 2.24) is 4.90 Å². The van der Waals surface area contributed by atoms with Gasteiger partial charge in [-0.2, -0.15) is 0 Å². The zero-order valence-electron chi connectivity index (χ0n) is 11.0. The standard InChI is InChI=1S/C15H22ClN/c1-15(2,3)14-9-13(16)11-17(14)10-12-7-5-4-6-8-12/h4-8,13-14H,9-11H2,1-3H3/t13-,14-/m1/s1. The van der Waals surface area contributed by atoms with E-state index in [9.17, 15) is 0 Å². The quantitative estimate of drug-likeness (QED) is 0.721. The van der Waals surface area contributed by atoms with Crippen molar-refractivity contribution in [3.63, 3.8) is 0 Å². The van der Waals surface area contributed by atoms with E-state index in [4.69, 9.17) is 11.6 Å². The second-order valence-corrected chi connectivity index (χ2v) is 6.75. The summed E-state index contributed by atoms with van der Waals surface area (Å²) in [6.07, 6.45) is 1.11. The number of nitrogens with zero attached hydrogens (tertiary/aromatic N) is 1. The zero-order chi connectivity index (χ0) is 12.5. The van der Waals surface area contributed by atoms with E-state index in [0.717, 1.165) is 19.5 Å². The molecule has 0 unspecified atom stereocenters. The van der Waals surface area contributed by atoms with Crippen molar-refractivity contribution in [3.8, 4) is 0 Å². The molecule has 0 bridgehead atoms. The second kappa shape index (κ2) is 4.99. The monoisotopic (exact) mass is 251 g/mol. The Balaban J connectivity index is 2.09. The van der Waals surface area contributed by atoms with Gasteiger partial charge in [0, 0.05) is 24.5 Å². The number of halogens is 1. The van der Waals surface area contributed by atoms with Crippen LogP contribution >= 0.6 is 11.6 Å². The van der Waals surface area contributed by atoms with Crippen LogP contribution in [0, 0.1) is 5.41 Å². The number of benzene rings is 1. The molecule has 2 rings (SSSR count). The predicted molar refractivity (Wildman–Crippen MR) is 74.4 cm³/mol. The molecule has 0 saturated carbocycles. The van der Waals surface area contributed by atoms with Gasteiger partial charge in [0.15, 0.2) is 0 Å². The lowest BCUT2D eigenvalue weighted by atomic mass is 9.85. The Morgan fingerprint density at radius 3 is 2.47 bits per heavy atom. The average Bonchev–Trinajstić information content (AvgIpc) is 2.60. The van der Waals surface area contributed by atoms with E-state index in [1.807, 2.05) is 0 Å². The van der Waals surface area contributed by atoms with E-state index >= 15 is 0 Å². The molecule has 0 aromatic heterocycles. The molecule has 1 nitrogen and oxygen atoms in total. The maximum absolute atomic E-state index is 6.33. The highest BCUT2D eigenvalue weighted by molar-refractivity contribution is 6.21. The maximum Gasteiger partial charge on any atom is 0.0478 e. The lowest BCUT2D eigenvalue weighted by Gasteiger charge is -2.35. The summed E-state index contributed by atoms with van der Waals surface area (Å²) in [5.74, 6) is 0. The number of alkyl halides is 1. The SMILES string of the molecule is CC(C)(C)[C@H]1C[C@@H](Cl)CN1Cc1ccccc1. The van der Waals surface area contributed by atoms with E-state index in [0.29, 0.717) is 16.8 Å². The summed E-state index contributed by atoms with van der Waals surface area (Å²) in [5, 5.41) is 0.308. The van der Waals surface area contributed by atoms with Crippen LogP contribution in [0.3, 0.4) is 0 Å². The number of rotatable bonds is 2. The van der Waals surface area contributed by atoms with Gasteiger partial charge >= 0.3 is 0 Å². The van der Waals surface area contributed by atoms with Crippen molar-refractivity contribution in [2.75, 3.05) is 6.54 Å². The number of likely N-dealkylation sites (tertiary alicyclic amines) is 1. The number of hydrogen-bond donors (Lipinski definition) is 0. The van der Waals surface area contributed by atoms with E-state index < -0.39 is 0 Å². The molecular formula is C15H22ClN. The van der Waals surface area contributed by atoms with Crippen LogP contribution < -0.4 is 0 Å². The Morgan fingerprint density at radius 1 is 1.24 bits per heavy atom. The van der Waals surface area contributed by atoms with Gasteiger partial charge in [-0.25, -0.2) is 0 Å². The first-order valence-corrected chi connectivity index (χ1v) is 6.82. The highest BCUT2D eigenvalue weighted by Gasteiger charge is 2.38. The first-order valence-electron chi connectivity index (χ1n) is 6.39. The van der Waals surface area contributed by atoms with Gasteiger partial charge in [-0.1, -0.05) is 51.1 Å². The van der Waals surface area contributed by atoms with Crippen LogP contribution in [0.4, 0.5) is 0 Å². The molecule has 2 atom stereocenters. The van der Waals surface area contributed by atoms with Crippen molar-refractivity contribution in [1.29, 1.82) is 0 Å². The molecule has 1 aromatic rings. The van der Waals surface area contributed by atoms with Gasteiger partial charge < -0.3 is 0 Å². The third-order valence-corrected chi connectivity index (χ3v) is 3.90. The Morgan fingerprint density at radius 2 is 1.88 bits per heavy atom. The Labute approximate surface area is 110 Å². The minimum Gasteiger partial charge on any atom is -0.294 e. The third-order valence-electron chi connectivity index (χ3n) is 3.58. The summed E-state index contributed by atoms with van der Waals surface area (Å²) in [5.41, 5.74) is 1.69. The summed E-state index contributed by atoms with van der Waals surface area (Å²) in [4.78, 5) is 2.53. The molecule has 0 spiro atoms. The molecule has 1 aliphatic rings. The molecule has 1 saturated heterocycles. The Kier molecular flexibility index (Phi) is 3.79. The summed E-state index contributed by atoms with van der Waals surface area (Å²) < 4.78 is 0. The summed E-state index contributed by atoms with van der Waals surface area (Å²) in [6, 6.07) is 11.3. The van der Waals surface area contributed by atoms with Crippen LogP contribution in [0.1, 0.15) is 32.8 Å². The lowest BCUT2D eigenvalue weighted by Crippen LogP contribution is -2.38. The largest absolute Gasteiger partial charge is 0.294 e.